The number of carbonyl (C=O) groups is 1. The third-order valence-electron chi connectivity index (χ3n) is 4.28. The molecule has 1 aromatic rings. The topological polar surface area (TPSA) is 20.3 Å². The number of piperidine rings is 1. The molecule has 1 saturated carbocycles. The summed E-state index contributed by atoms with van der Waals surface area (Å²) in [5.41, 5.74) is 2.63. The first-order valence-corrected chi connectivity index (χ1v) is 7.11. The standard InChI is InChI=1S/C16H21NO/c1-12-5-7-13(8-6-12)14-11-15(14)16(18)17-9-3-2-4-10-17/h5-8,14-15H,2-4,9-11H2,1H3/t14-,15?/m0/s1. The molecule has 2 aliphatic rings. The van der Waals surface area contributed by atoms with Gasteiger partial charge in [-0.2, -0.15) is 0 Å². The first kappa shape index (κ1) is 11.8. The zero-order chi connectivity index (χ0) is 12.5. The smallest absolute Gasteiger partial charge is 0.226 e. The molecule has 0 bridgehead atoms. The number of carbonyl (C=O) groups excluding carboxylic acids is 1. The van der Waals surface area contributed by atoms with Gasteiger partial charge < -0.3 is 4.90 Å². The van der Waals surface area contributed by atoms with Gasteiger partial charge in [-0.1, -0.05) is 29.8 Å². The normalized spacial score (nSPS) is 27.1. The van der Waals surface area contributed by atoms with E-state index in [1.54, 1.807) is 0 Å². The molecule has 1 aromatic carbocycles. The molecule has 2 heteroatoms. The van der Waals surface area contributed by atoms with Gasteiger partial charge in [-0.25, -0.2) is 0 Å². The summed E-state index contributed by atoms with van der Waals surface area (Å²) in [5.74, 6) is 1.16. The molecule has 2 nitrogen and oxygen atoms in total. The SMILES string of the molecule is Cc1ccc([C@@H]2CC2C(=O)N2CCCCC2)cc1. The third-order valence-corrected chi connectivity index (χ3v) is 4.28. The second kappa shape index (κ2) is 4.75. The van der Waals surface area contributed by atoms with Crippen molar-refractivity contribution >= 4 is 5.91 Å². The predicted molar refractivity (Wildman–Crippen MR) is 72.5 cm³/mol. The quantitative estimate of drug-likeness (QED) is 0.781. The Hall–Kier alpha value is -1.31. The molecule has 1 heterocycles. The van der Waals surface area contributed by atoms with Crippen molar-refractivity contribution in [2.45, 2.75) is 38.5 Å². The van der Waals surface area contributed by atoms with Gasteiger partial charge in [0.05, 0.1) is 0 Å². The van der Waals surface area contributed by atoms with Gasteiger partial charge in [-0.3, -0.25) is 4.79 Å². The maximum atomic E-state index is 12.3. The van der Waals surface area contributed by atoms with Gasteiger partial charge in [0.1, 0.15) is 0 Å². The molecule has 0 N–H and O–H groups in total. The first-order valence-electron chi connectivity index (χ1n) is 7.11. The maximum Gasteiger partial charge on any atom is 0.226 e. The Morgan fingerprint density at radius 3 is 2.44 bits per heavy atom. The van der Waals surface area contributed by atoms with E-state index in [1.807, 2.05) is 0 Å². The number of likely N-dealkylation sites (tertiary alicyclic amines) is 1. The summed E-state index contributed by atoms with van der Waals surface area (Å²) in [4.78, 5) is 14.4. The largest absolute Gasteiger partial charge is 0.342 e. The third kappa shape index (κ3) is 2.29. The molecule has 18 heavy (non-hydrogen) atoms. The molecule has 2 atom stereocenters. The molecule has 96 valence electrons. The molecule has 0 aromatic heterocycles. The summed E-state index contributed by atoms with van der Waals surface area (Å²) in [6.45, 7) is 4.07. The van der Waals surface area contributed by atoms with Crippen LogP contribution >= 0.6 is 0 Å². The second-order valence-corrected chi connectivity index (χ2v) is 5.75. The maximum absolute atomic E-state index is 12.3. The molecular formula is C16H21NO. The van der Waals surface area contributed by atoms with E-state index >= 15 is 0 Å². The molecule has 1 aliphatic carbocycles. The fraction of sp³-hybridized carbons (Fsp3) is 0.562. The molecule has 2 fully saturated rings. The Kier molecular flexibility index (Phi) is 3.11. The van der Waals surface area contributed by atoms with Crippen molar-refractivity contribution in [2.24, 2.45) is 5.92 Å². The van der Waals surface area contributed by atoms with Gasteiger partial charge in [-0.05, 0) is 44.1 Å². The minimum absolute atomic E-state index is 0.269. The summed E-state index contributed by atoms with van der Waals surface area (Å²) in [7, 11) is 0. The zero-order valence-corrected chi connectivity index (χ0v) is 11.1. The highest BCUT2D eigenvalue weighted by Crippen LogP contribution is 2.48. The molecule has 1 unspecified atom stereocenters. The van der Waals surface area contributed by atoms with Gasteiger partial charge in [0.25, 0.3) is 0 Å². The van der Waals surface area contributed by atoms with Crippen LogP contribution in [0, 0.1) is 12.8 Å². The van der Waals surface area contributed by atoms with E-state index in [1.165, 1.54) is 30.4 Å². The number of amides is 1. The fourth-order valence-corrected chi connectivity index (χ4v) is 3.00. The molecule has 3 rings (SSSR count). The van der Waals surface area contributed by atoms with E-state index in [2.05, 4.69) is 36.1 Å². The van der Waals surface area contributed by atoms with Crippen LogP contribution in [0.15, 0.2) is 24.3 Å². The van der Waals surface area contributed by atoms with Crippen LogP contribution < -0.4 is 0 Å². The lowest BCUT2D eigenvalue weighted by atomic mass is 10.1. The Bertz CT molecular complexity index is 431. The van der Waals surface area contributed by atoms with Crippen LogP contribution in [0.3, 0.4) is 0 Å². The van der Waals surface area contributed by atoms with Crippen LogP contribution in [0.1, 0.15) is 42.7 Å². The Morgan fingerprint density at radius 2 is 1.78 bits per heavy atom. The number of benzene rings is 1. The van der Waals surface area contributed by atoms with Crippen molar-refractivity contribution in [1.29, 1.82) is 0 Å². The molecule has 1 saturated heterocycles. The average molecular weight is 243 g/mol. The highest BCUT2D eigenvalue weighted by atomic mass is 16.2. The fourth-order valence-electron chi connectivity index (χ4n) is 3.00. The zero-order valence-electron chi connectivity index (χ0n) is 11.1. The van der Waals surface area contributed by atoms with Crippen molar-refractivity contribution in [1.82, 2.24) is 4.90 Å². The summed E-state index contributed by atoms with van der Waals surface area (Å²) in [6.07, 6.45) is 4.72. The van der Waals surface area contributed by atoms with Gasteiger partial charge in [0.15, 0.2) is 0 Å². The van der Waals surface area contributed by atoms with Crippen LogP contribution in [-0.2, 0) is 4.79 Å². The van der Waals surface area contributed by atoms with Gasteiger partial charge in [-0.15, -0.1) is 0 Å². The summed E-state index contributed by atoms with van der Waals surface area (Å²) in [6, 6.07) is 8.67. The van der Waals surface area contributed by atoms with Crippen molar-refractivity contribution in [2.75, 3.05) is 13.1 Å². The second-order valence-electron chi connectivity index (χ2n) is 5.75. The molecule has 0 radical (unpaired) electrons. The van der Waals surface area contributed by atoms with Crippen molar-refractivity contribution < 1.29 is 4.79 Å². The van der Waals surface area contributed by atoms with Crippen LogP contribution in [0.2, 0.25) is 0 Å². The van der Waals surface area contributed by atoms with E-state index in [4.69, 9.17) is 0 Å². The van der Waals surface area contributed by atoms with Crippen LogP contribution in [-0.4, -0.2) is 23.9 Å². The van der Waals surface area contributed by atoms with Crippen molar-refractivity contribution in [3.63, 3.8) is 0 Å². The minimum atomic E-state index is 0.269. The van der Waals surface area contributed by atoms with Crippen LogP contribution in [0.4, 0.5) is 0 Å². The van der Waals surface area contributed by atoms with Crippen molar-refractivity contribution in [3.05, 3.63) is 35.4 Å². The van der Waals surface area contributed by atoms with E-state index in [-0.39, 0.29) is 5.92 Å². The monoisotopic (exact) mass is 243 g/mol. The minimum Gasteiger partial charge on any atom is -0.342 e. The first-order chi connectivity index (χ1) is 8.75. The summed E-state index contributed by atoms with van der Waals surface area (Å²) >= 11 is 0. The lowest BCUT2D eigenvalue weighted by molar-refractivity contribution is -0.133. The number of rotatable bonds is 2. The summed E-state index contributed by atoms with van der Waals surface area (Å²) < 4.78 is 0. The number of aryl methyl sites for hydroxylation is 1. The highest BCUT2D eigenvalue weighted by Gasteiger charge is 2.45. The van der Waals surface area contributed by atoms with Crippen LogP contribution in [0.25, 0.3) is 0 Å². The lowest BCUT2D eigenvalue weighted by Gasteiger charge is -2.26. The molecule has 0 spiro atoms. The molecule has 1 aliphatic heterocycles. The Balaban J connectivity index is 1.63. The van der Waals surface area contributed by atoms with E-state index in [9.17, 15) is 4.79 Å². The Morgan fingerprint density at radius 1 is 1.11 bits per heavy atom. The van der Waals surface area contributed by atoms with Crippen molar-refractivity contribution in [3.8, 4) is 0 Å². The van der Waals surface area contributed by atoms with Gasteiger partial charge in [0.2, 0.25) is 5.91 Å². The molecule has 1 amide bonds. The molecular weight excluding hydrogens is 222 g/mol. The van der Waals surface area contributed by atoms with E-state index < -0.39 is 0 Å². The Labute approximate surface area is 109 Å². The van der Waals surface area contributed by atoms with Gasteiger partial charge in [0, 0.05) is 19.0 Å². The predicted octanol–water partition coefficient (Wildman–Crippen LogP) is 3.11. The number of hydrogen-bond acceptors (Lipinski definition) is 1. The highest BCUT2D eigenvalue weighted by molar-refractivity contribution is 5.83. The van der Waals surface area contributed by atoms with E-state index in [0.717, 1.165) is 19.5 Å². The van der Waals surface area contributed by atoms with Gasteiger partial charge >= 0.3 is 0 Å². The number of hydrogen-bond donors (Lipinski definition) is 0. The van der Waals surface area contributed by atoms with E-state index in [0.29, 0.717) is 11.8 Å². The summed E-state index contributed by atoms with van der Waals surface area (Å²) in [5, 5.41) is 0. The number of nitrogens with zero attached hydrogens (tertiary/aromatic N) is 1. The lowest BCUT2D eigenvalue weighted by Crippen LogP contribution is -2.36. The van der Waals surface area contributed by atoms with Crippen LogP contribution in [0.5, 0.6) is 0 Å². The average Bonchev–Trinajstić information content (AvgIpc) is 3.20.